The van der Waals surface area contributed by atoms with Gasteiger partial charge in [-0.1, -0.05) is 36.8 Å². The van der Waals surface area contributed by atoms with Crippen molar-refractivity contribution in [1.82, 2.24) is 5.06 Å². The van der Waals surface area contributed by atoms with Crippen LogP contribution in [0, 0.1) is 0 Å². The van der Waals surface area contributed by atoms with Crippen LogP contribution in [-0.4, -0.2) is 18.2 Å². The fourth-order valence-corrected chi connectivity index (χ4v) is 1.98. The molecule has 1 atom stereocenters. The van der Waals surface area contributed by atoms with Gasteiger partial charge in [0.25, 0.3) is 0 Å². The lowest BCUT2D eigenvalue weighted by atomic mass is 10.1. The molecular weight excluding hydrogens is 222 g/mol. The predicted octanol–water partition coefficient (Wildman–Crippen LogP) is 3.59. The number of halogens is 1. The minimum atomic E-state index is 0. The molecule has 1 aliphatic rings. The number of piperidine rings is 1. The van der Waals surface area contributed by atoms with E-state index in [0.29, 0.717) is 0 Å². The van der Waals surface area contributed by atoms with E-state index in [9.17, 15) is 0 Å². The van der Waals surface area contributed by atoms with E-state index in [0.717, 1.165) is 13.1 Å². The van der Waals surface area contributed by atoms with E-state index in [4.69, 9.17) is 4.84 Å². The van der Waals surface area contributed by atoms with Crippen LogP contribution < -0.4 is 0 Å². The van der Waals surface area contributed by atoms with Gasteiger partial charge in [0.2, 0.25) is 0 Å². The Balaban J connectivity index is 0.00000128. The molecule has 1 aromatic carbocycles. The third-order valence-corrected chi connectivity index (χ3v) is 2.89. The SMILES string of the molecule is CC(ON1CCCCC1)c1ccccc1.Cl. The summed E-state index contributed by atoms with van der Waals surface area (Å²) >= 11 is 0. The molecule has 0 saturated carbocycles. The number of benzene rings is 1. The van der Waals surface area contributed by atoms with E-state index in [1.165, 1.54) is 24.8 Å². The number of nitrogens with zero attached hydrogens (tertiary/aromatic N) is 1. The Kier molecular flexibility index (Phi) is 5.81. The first-order valence-electron chi connectivity index (χ1n) is 5.83. The van der Waals surface area contributed by atoms with E-state index in [-0.39, 0.29) is 18.5 Å². The molecule has 0 amide bonds. The zero-order valence-corrected chi connectivity index (χ0v) is 10.6. The van der Waals surface area contributed by atoms with Gasteiger partial charge < -0.3 is 0 Å². The van der Waals surface area contributed by atoms with Crippen molar-refractivity contribution >= 4 is 12.4 Å². The Hall–Kier alpha value is -0.570. The highest BCUT2D eigenvalue weighted by Crippen LogP contribution is 2.20. The lowest BCUT2D eigenvalue weighted by Gasteiger charge is -2.28. The summed E-state index contributed by atoms with van der Waals surface area (Å²) in [5.41, 5.74) is 1.25. The molecule has 2 nitrogen and oxygen atoms in total. The average Bonchev–Trinajstić information content (AvgIpc) is 2.31. The molecule has 0 bridgehead atoms. The van der Waals surface area contributed by atoms with Crippen LogP contribution in [0.5, 0.6) is 0 Å². The monoisotopic (exact) mass is 241 g/mol. The first-order chi connectivity index (χ1) is 7.36. The topological polar surface area (TPSA) is 12.5 Å². The molecule has 3 heteroatoms. The Morgan fingerprint density at radius 2 is 1.69 bits per heavy atom. The number of rotatable bonds is 3. The summed E-state index contributed by atoms with van der Waals surface area (Å²) in [7, 11) is 0. The van der Waals surface area contributed by atoms with Crippen molar-refractivity contribution in [2.75, 3.05) is 13.1 Å². The maximum atomic E-state index is 5.91. The molecule has 1 aliphatic heterocycles. The summed E-state index contributed by atoms with van der Waals surface area (Å²) in [6.45, 7) is 4.28. The van der Waals surface area contributed by atoms with Crippen molar-refractivity contribution in [3.05, 3.63) is 35.9 Å². The second-order valence-electron chi connectivity index (χ2n) is 4.15. The molecule has 1 unspecified atom stereocenters. The van der Waals surface area contributed by atoms with E-state index in [1.807, 2.05) is 6.07 Å². The highest BCUT2D eigenvalue weighted by atomic mass is 35.5. The van der Waals surface area contributed by atoms with E-state index >= 15 is 0 Å². The minimum absolute atomic E-state index is 0. The van der Waals surface area contributed by atoms with Crippen molar-refractivity contribution in [2.45, 2.75) is 32.3 Å². The van der Waals surface area contributed by atoms with Crippen LogP contribution in [0.1, 0.15) is 37.9 Å². The Morgan fingerprint density at radius 1 is 1.06 bits per heavy atom. The zero-order chi connectivity index (χ0) is 10.5. The summed E-state index contributed by atoms with van der Waals surface area (Å²) in [4.78, 5) is 5.91. The quantitative estimate of drug-likeness (QED) is 0.802. The van der Waals surface area contributed by atoms with Crippen LogP contribution in [0.15, 0.2) is 30.3 Å². The van der Waals surface area contributed by atoms with Gasteiger partial charge >= 0.3 is 0 Å². The molecule has 1 fully saturated rings. The van der Waals surface area contributed by atoms with Crippen molar-refractivity contribution in [2.24, 2.45) is 0 Å². The minimum Gasteiger partial charge on any atom is -0.291 e. The Bertz CT molecular complexity index is 285. The largest absolute Gasteiger partial charge is 0.291 e. The highest BCUT2D eigenvalue weighted by Gasteiger charge is 2.14. The van der Waals surface area contributed by atoms with Crippen LogP contribution in [0.2, 0.25) is 0 Å². The van der Waals surface area contributed by atoms with E-state index < -0.39 is 0 Å². The molecule has 1 saturated heterocycles. The Labute approximate surface area is 104 Å². The predicted molar refractivity (Wildman–Crippen MR) is 68.6 cm³/mol. The number of hydroxylamine groups is 2. The van der Waals surface area contributed by atoms with E-state index in [1.54, 1.807) is 0 Å². The second kappa shape index (κ2) is 6.89. The fraction of sp³-hybridized carbons (Fsp3) is 0.538. The maximum absolute atomic E-state index is 5.91. The van der Waals surface area contributed by atoms with Crippen LogP contribution in [0.3, 0.4) is 0 Å². The Morgan fingerprint density at radius 3 is 2.31 bits per heavy atom. The van der Waals surface area contributed by atoms with E-state index in [2.05, 4.69) is 36.3 Å². The molecule has 90 valence electrons. The molecule has 2 rings (SSSR count). The first kappa shape index (κ1) is 13.5. The summed E-state index contributed by atoms with van der Waals surface area (Å²) in [5, 5.41) is 2.11. The van der Waals surface area contributed by atoms with Gasteiger partial charge in [0.05, 0.1) is 0 Å². The van der Waals surface area contributed by atoms with Crippen molar-refractivity contribution in [3.63, 3.8) is 0 Å². The lowest BCUT2D eigenvalue weighted by molar-refractivity contribution is -0.203. The van der Waals surface area contributed by atoms with Crippen LogP contribution >= 0.6 is 12.4 Å². The van der Waals surface area contributed by atoms with Crippen molar-refractivity contribution in [3.8, 4) is 0 Å². The van der Waals surface area contributed by atoms with Gasteiger partial charge in [-0.3, -0.25) is 4.84 Å². The molecule has 0 spiro atoms. The lowest BCUT2D eigenvalue weighted by Crippen LogP contribution is -2.30. The highest BCUT2D eigenvalue weighted by molar-refractivity contribution is 5.85. The smallest absolute Gasteiger partial charge is 0.101 e. The van der Waals surface area contributed by atoms with Crippen LogP contribution in [0.4, 0.5) is 0 Å². The van der Waals surface area contributed by atoms with Crippen molar-refractivity contribution < 1.29 is 4.84 Å². The van der Waals surface area contributed by atoms with Gasteiger partial charge in [-0.05, 0) is 25.3 Å². The molecule has 16 heavy (non-hydrogen) atoms. The fourth-order valence-electron chi connectivity index (χ4n) is 1.98. The number of hydrogen-bond donors (Lipinski definition) is 0. The first-order valence-corrected chi connectivity index (χ1v) is 5.83. The molecular formula is C13H20ClNO. The van der Waals surface area contributed by atoms with Crippen LogP contribution in [-0.2, 0) is 4.84 Å². The zero-order valence-electron chi connectivity index (χ0n) is 9.76. The molecule has 1 aromatic rings. The van der Waals surface area contributed by atoms with Gasteiger partial charge in [0, 0.05) is 13.1 Å². The molecule has 0 aromatic heterocycles. The number of hydrogen-bond acceptors (Lipinski definition) is 2. The van der Waals surface area contributed by atoms with Gasteiger partial charge in [-0.15, -0.1) is 12.4 Å². The normalized spacial score (nSPS) is 18.8. The van der Waals surface area contributed by atoms with Gasteiger partial charge in [0.15, 0.2) is 0 Å². The maximum Gasteiger partial charge on any atom is 0.101 e. The second-order valence-corrected chi connectivity index (χ2v) is 4.15. The van der Waals surface area contributed by atoms with Gasteiger partial charge in [0.1, 0.15) is 6.10 Å². The van der Waals surface area contributed by atoms with Gasteiger partial charge in [-0.2, -0.15) is 5.06 Å². The van der Waals surface area contributed by atoms with Crippen LogP contribution in [0.25, 0.3) is 0 Å². The third-order valence-electron chi connectivity index (χ3n) is 2.89. The summed E-state index contributed by atoms with van der Waals surface area (Å²) < 4.78 is 0. The van der Waals surface area contributed by atoms with Gasteiger partial charge in [-0.25, -0.2) is 0 Å². The molecule has 0 aliphatic carbocycles. The summed E-state index contributed by atoms with van der Waals surface area (Å²) in [5.74, 6) is 0. The average molecular weight is 242 g/mol. The van der Waals surface area contributed by atoms with Crippen molar-refractivity contribution in [1.29, 1.82) is 0 Å². The summed E-state index contributed by atoms with van der Waals surface area (Å²) in [6.07, 6.45) is 4.05. The standard InChI is InChI=1S/C13H19NO.ClH/c1-12(13-8-4-2-5-9-13)15-14-10-6-3-7-11-14;/h2,4-5,8-9,12H,3,6-7,10-11H2,1H3;1H. The molecule has 1 heterocycles. The molecule has 0 N–H and O–H groups in total. The molecule has 0 radical (unpaired) electrons. The summed E-state index contributed by atoms with van der Waals surface area (Å²) in [6, 6.07) is 10.4. The third kappa shape index (κ3) is 3.78.